The summed E-state index contributed by atoms with van der Waals surface area (Å²) in [4.78, 5) is 20.7. The van der Waals surface area contributed by atoms with Gasteiger partial charge in [-0.1, -0.05) is 18.2 Å². The van der Waals surface area contributed by atoms with Crippen LogP contribution in [0.4, 0.5) is 0 Å². The Labute approximate surface area is 173 Å². The zero-order chi connectivity index (χ0) is 20.7. The van der Waals surface area contributed by atoms with Crippen molar-refractivity contribution in [2.24, 2.45) is 0 Å². The maximum absolute atomic E-state index is 11.9. The number of rotatable bonds is 4. The zero-order valence-corrected chi connectivity index (χ0v) is 16.2. The molecule has 3 heterocycles. The van der Waals surface area contributed by atoms with Crippen LogP contribution >= 0.6 is 11.8 Å². The van der Waals surface area contributed by atoms with E-state index in [9.17, 15) is 15.0 Å². The van der Waals surface area contributed by atoms with Gasteiger partial charge in [-0.3, -0.25) is 0 Å². The molecule has 0 atom stereocenters. The summed E-state index contributed by atoms with van der Waals surface area (Å²) in [7, 11) is 0. The molecule has 0 saturated heterocycles. The van der Waals surface area contributed by atoms with Crippen molar-refractivity contribution in [3.05, 3.63) is 77.0 Å². The molecule has 0 aliphatic rings. The number of para-hydroxylation sites is 1. The van der Waals surface area contributed by atoms with Crippen LogP contribution < -0.4 is 5.63 Å². The van der Waals surface area contributed by atoms with Gasteiger partial charge in [0.05, 0.1) is 17.3 Å². The molecule has 30 heavy (non-hydrogen) atoms. The summed E-state index contributed by atoms with van der Waals surface area (Å²) in [6.45, 7) is 0. The Hall–Kier alpha value is -3.85. The van der Waals surface area contributed by atoms with Crippen LogP contribution in [0.3, 0.4) is 0 Å². The van der Waals surface area contributed by atoms with Crippen molar-refractivity contribution >= 4 is 33.8 Å². The average Bonchev–Trinajstić information content (AvgIpc) is 3.19. The first-order chi connectivity index (χ1) is 14.6. The second kappa shape index (κ2) is 7.20. The van der Waals surface area contributed by atoms with Gasteiger partial charge in [-0.05, 0) is 23.8 Å². The highest BCUT2D eigenvalue weighted by Crippen LogP contribution is 2.34. The summed E-state index contributed by atoms with van der Waals surface area (Å²) in [5, 5.41) is 26.0. The fourth-order valence-corrected chi connectivity index (χ4v) is 4.16. The molecule has 0 aliphatic heterocycles. The van der Waals surface area contributed by atoms with Crippen molar-refractivity contribution < 1.29 is 14.6 Å². The molecule has 0 unspecified atom stereocenters. The highest BCUT2D eigenvalue weighted by atomic mass is 32.2. The maximum atomic E-state index is 11.9. The van der Waals surface area contributed by atoms with Gasteiger partial charge in [0.1, 0.15) is 16.9 Å². The number of phenols is 2. The van der Waals surface area contributed by atoms with Gasteiger partial charge < -0.3 is 14.6 Å². The van der Waals surface area contributed by atoms with Crippen LogP contribution in [0.2, 0.25) is 0 Å². The van der Waals surface area contributed by atoms with Crippen LogP contribution in [0.25, 0.3) is 27.7 Å². The minimum atomic E-state index is -0.534. The van der Waals surface area contributed by atoms with Crippen molar-refractivity contribution in [3.8, 4) is 17.2 Å². The van der Waals surface area contributed by atoms with E-state index in [-0.39, 0.29) is 17.1 Å². The Balaban J connectivity index is 1.53. The SMILES string of the molecule is O=c1cc(CSc2ncnc3c2cnn3-c2ccccc2)c2cc(O)c(O)cc2o1. The second-order valence-electron chi connectivity index (χ2n) is 6.52. The van der Waals surface area contributed by atoms with Crippen molar-refractivity contribution in [3.63, 3.8) is 0 Å². The molecule has 0 spiro atoms. The van der Waals surface area contributed by atoms with Gasteiger partial charge in [-0.15, -0.1) is 11.8 Å². The third-order valence-corrected chi connectivity index (χ3v) is 5.67. The second-order valence-corrected chi connectivity index (χ2v) is 7.49. The summed E-state index contributed by atoms with van der Waals surface area (Å²) in [6, 6.07) is 13.7. The zero-order valence-electron chi connectivity index (χ0n) is 15.4. The van der Waals surface area contributed by atoms with Gasteiger partial charge in [-0.25, -0.2) is 19.4 Å². The van der Waals surface area contributed by atoms with Gasteiger partial charge in [0.25, 0.3) is 0 Å². The molecule has 0 radical (unpaired) electrons. The molecule has 5 rings (SSSR count). The molecular formula is C21H14N4O4S. The normalized spacial score (nSPS) is 11.3. The largest absolute Gasteiger partial charge is 0.504 e. The van der Waals surface area contributed by atoms with Crippen molar-refractivity contribution in [1.82, 2.24) is 19.7 Å². The molecule has 0 aliphatic carbocycles. The third-order valence-electron chi connectivity index (χ3n) is 4.62. The molecule has 0 fully saturated rings. The highest BCUT2D eigenvalue weighted by Gasteiger charge is 2.14. The fraction of sp³-hybridized carbons (Fsp3) is 0.0476. The Kier molecular flexibility index (Phi) is 4.36. The van der Waals surface area contributed by atoms with Crippen LogP contribution in [-0.4, -0.2) is 30.0 Å². The predicted molar refractivity (Wildman–Crippen MR) is 112 cm³/mol. The topological polar surface area (TPSA) is 114 Å². The Morgan fingerprint density at radius 3 is 2.63 bits per heavy atom. The fourth-order valence-electron chi connectivity index (χ4n) is 3.21. The van der Waals surface area contributed by atoms with Gasteiger partial charge in [0.15, 0.2) is 17.1 Å². The van der Waals surface area contributed by atoms with Crippen LogP contribution in [-0.2, 0) is 5.75 Å². The molecule has 2 N–H and O–H groups in total. The number of aromatic nitrogens is 4. The molecule has 0 amide bonds. The van der Waals surface area contributed by atoms with Gasteiger partial charge in [0.2, 0.25) is 0 Å². The number of nitrogens with zero attached hydrogens (tertiary/aromatic N) is 4. The summed E-state index contributed by atoms with van der Waals surface area (Å²) in [5.41, 5.74) is 1.90. The van der Waals surface area contributed by atoms with E-state index in [4.69, 9.17) is 4.42 Å². The summed E-state index contributed by atoms with van der Waals surface area (Å²) < 4.78 is 6.88. The maximum Gasteiger partial charge on any atom is 0.336 e. The smallest absolute Gasteiger partial charge is 0.336 e. The summed E-state index contributed by atoms with van der Waals surface area (Å²) in [5.74, 6) is -0.230. The lowest BCUT2D eigenvalue weighted by Gasteiger charge is -2.07. The predicted octanol–water partition coefficient (Wildman–Crippen LogP) is 3.63. The van der Waals surface area contributed by atoms with E-state index >= 15 is 0 Å². The number of thioether (sulfide) groups is 1. The molecule has 0 bridgehead atoms. The van der Waals surface area contributed by atoms with E-state index in [0.717, 1.165) is 11.1 Å². The molecular weight excluding hydrogens is 404 g/mol. The molecule has 9 heteroatoms. The van der Waals surface area contributed by atoms with E-state index in [0.29, 0.717) is 27.4 Å². The molecule has 2 aromatic carbocycles. The first kappa shape index (κ1) is 18.2. The number of hydrogen-bond acceptors (Lipinski definition) is 8. The van der Waals surface area contributed by atoms with E-state index < -0.39 is 5.63 Å². The van der Waals surface area contributed by atoms with Crippen LogP contribution in [0.15, 0.2) is 75.3 Å². The molecule has 5 aromatic rings. The lowest BCUT2D eigenvalue weighted by atomic mass is 10.1. The summed E-state index contributed by atoms with van der Waals surface area (Å²) in [6.07, 6.45) is 3.19. The number of phenolic OH excluding ortho intramolecular Hbond substituents is 2. The van der Waals surface area contributed by atoms with E-state index in [1.54, 1.807) is 10.9 Å². The lowest BCUT2D eigenvalue weighted by molar-refractivity contribution is 0.403. The number of hydrogen-bond donors (Lipinski definition) is 2. The first-order valence-corrected chi connectivity index (χ1v) is 9.94. The van der Waals surface area contributed by atoms with E-state index in [2.05, 4.69) is 15.1 Å². The summed E-state index contributed by atoms with van der Waals surface area (Å²) >= 11 is 1.42. The third kappa shape index (κ3) is 3.15. The van der Waals surface area contributed by atoms with Crippen molar-refractivity contribution in [2.75, 3.05) is 0 Å². The minimum Gasteiger partial charge on any atom is -0.504 e. The number of fused-ring (bicyclic) bond motifs is 2. The monoisotopic (exact) mass is 418 g/mol. The average molecular weight is 418 g/mol. The first-order valence-electron chi connectivity index (χ1n) is 8.96. The highest BCUT2D eigenvalue weighted by molar-refractivity contribution is 7.98. The number of benzene rings is 2. The van der Waals surface area contributed by atoms with Crippen molar-refractivity contribution in [2.45, 2.75) is 10.8 Å². The lowest BCUT2D eigenvalue weighted by Crippen LogP contribution is -2.00. The van der Waals surface area contributed by atoms with Gasteiger partial charge in [0, 0.05) is 23.3 Å². The van der Waals surface area contributed by atoms with Gasteiger partial charge in [-0.2, -0.15) is 5.10 Å². The number of aromatic hydroxyl groups is 2. The molecule has 3 aromatic heterocycles. The molecule has 148 valence electrons. The Morgan fingerprint density at radius 2 is 1.80 bits per heavy atom. The van der Waals surface area contributed by atoms with E-state index in [1.807, 2.05) is 30.3 Å². The van der Waals surface area contributed by atoms with Crippen LogP contribution in [0.5, 0.6) is 11.5 Å². The standard InChI is InChI=1S/C21H14N4O4S/c26-16-7-14-12(6-19(28)29-18(14)8-17(16)27)10-30-21-15-9-24-25(20(15)22-11-23-21)13-4-2-1-3-5-13/h1-9,11,26-27H,10H2. The minimum absolute atomic E-state index is 0.207. The van der Waals surface area contributed by atoms with Crippen LogP contribution in [0.1, 0.15) is 5.56 Å². The molecule has 0 saturated carbocycles. The quantitative estimate of drug-likeness (QED) is 0.197. The van der Waals surface area contributed by atoms with E-state index in [1.165, 1.54) is 36.3 Å². The Bertz CT molecular complexity index is 1450. The van der Waals surface area contributed by atoms with Crippen molar-refractivity contribution in [1.29, 1.82) is 0 Å². The molecule has 8 nitrogen and oxygen atoms in total. The Morgan fingerprint density at radius 1 is 1.00 bits per heavy atom. The van der Waals surface area contributed by atoms with Gasteiger partial charge >= 0.3 is 5.63 Å². The van der Waals surface area contributed by atoms with Crippen LogP contribution in [0, 0.1) is 0 Å².